The van der Waals surface area contributed by atoms with Crippen molar-refractivity contribution in [3.63, 3.8) is 0 Å². The third kappa shape index (κ3) is 5.41. The van der Waals surface area contributed by atoms with Crippen LogP contribution in [0.15, 0.2) is 48.5 Å². The van der Waals surface area contributed by atoms with Gasteiger partial charge < -0.3 is 5.32 Å². The highest BCUT2D eigenvalue weighted by molar-refractivity contribution is 6.30. The Hall–Kier alpha value is -2.21. The van der Waals surface area contributed by atoms with Gasteiger partial charge in [-0.05, 0) is 55.8 Å². The maximum atomic E-state index is 12.6. The van der Waals surface area contributed by atoms with Crippen molar-refractivity contribution in [1.29, 1.82) is 0 Å². The van der Waals surface area contributed by atoms with Crippen LogP contribution in [0, 0.1) is 0 Å². The Bertz CT molecular complexity index is 813. The van der Waals surface area contributed by atoms with Crippen molar-refractivity contribution < 1.29 is 9.59 Å². The van der Waals surface area contributed by atoms with Crippen LogP contribution >= 0.6 is 11.6 Å². The van der Waals surface area contributed by atoms with E-state index in [1.807, 2.05) is 19.1 Å². The molecule has 148 valence electrons. The Morgan fingerprint density at radius 3 is 2.18 bits per heavy atom. The summed E-state index contributed by atoms with van der Waals surface area (Å²) in [5.74, 6) is -0.00978. The fourth-order valence-corrected chi connectivity index (χ4v) is 3.48. The van der Waals surface area contributed by atoms with Gasteiger partial charge in [-0.25, -0.2) is 0 Å². The molecule has 1 N–H and O–H groups in total. The number of piperazine rings is 1. The fourth-order valence-electron chi connectivity index (χ4n) is 3.36. The topological polar surface area (TPSA) is 52.7 Å². The number of amides is 1. The molecular formula is C22H26ClN3O2. The molecule has 0 aromatic heterocycles. The van der Waals surface area contributed by atoms with Crippen LogP contribution in [0.5, 0.6) is 0 Å². The van der Waals surface area contributed by atoms with Gasteiger partial charge in [0.15, 0.2) is 5.78 Å². The molecule has 28 heavy (non-hydrogen) atoms. The van der Waals surface area contributed by atoms with Gasteiger partial charge >= 0.3 is 0 Å². The van der Waals surface area contributed by atoms with Gasteiger partial charge in [-0.2, -0.15) is 0 Å². The van der Waals surface area contributed by atoms with Crippen LogP contribution in [0.25, 0.3) is 0 Å². The molecule has 0 radical (unpaired) electrons. The first kappa shape index (κ1) is 20.5. The van der Waals surface area contributed by atoms with Gasteiger partial charge in [-0.3, -0.25) is 19.4 Å². The minimum absolute atomic E-state index is 0.0164. The number of carbonyl (C=O) groups excluding carboxylic acids is 2. The number of rotatable bonds is 6. The lowest BCUT2D eigenvalue weighted by Gasteiger charge is -2.37. The van der Waals surface area contributed by atoms with Gasteiger partial charge in [0.05, 0.1) is 6.04 Å². The summed E-state index contributed by atoms with van der Waals surface area (Å²) in [6, 6.07) is 14.8. The second-order valence-electron chi connectivity index (χ2n) is 7.24. The third-order valence-corrected chi connectivity index (χ3v) is 5.46. The Morgan fingerprint density at radius 1 is 1.00 bits per heavy atom. The molecule has 6 heteroatoms. The van der Waals surface area contributed by atoms with Crippen LogP contribution in [0.2, 0.25) is 5.02 Å². The highest BCUT2D eigenvalue weighted by atomic mass is 35.5. The Morgan fingerprint density at radius 2 is 1.61 bits per heavy atom. The molecule has 0 unspecified atom stereocenters. The van der Waals surface area contributed by atoms with Crippen molar-refractivity contribution in [2.75, 3.05) is 31.5 Å². The van der Waals surface area contributed by atoms with Crippen molar-refractivity contribution >= 4 is 29.0 Å². The van der Waals surface area contributed by atoms with Crippen LogP contribution in [0.4, 0.5) is 5.69 Å². The number of benzene rings is 2. The average molecular weight is 400 g/mol. The zero-order valence-electron chi connectivity index (χ0n) is 16.3. The number of halogens is 1. The fraction of sp³-hybridized carbons (Fsp3) is 0.364. The Kier molecular flexibility index (Phi) is 6.83. The van der Waals surface area contributed by atoms with Crippen molar-refractivity contribution in [1.82, 2.24) is 9.80 Å². The summed E-state index contributed by atoms with van der Waals surface area (Å²) < 4.78 is 0. The van der Waals surface area contributed by atoms with Crippen LogP contribution < -0.4 is 5.32 Å². The van der Waals surface area contributed by atoms with Gasteiger partial charge in [-0.15, -0.1) is 0 Å². The first-order chi connectivity index (χ1) is 13.4. The van der Waals surface area contributed by atoms with E-state index in [9.17, 15) is 9.59 Å². The summed E-state index contributed by atoms with van der Waals surface area (Å²) in [7, 11) is 0. The van der Waals surface area contributed by atoms with Crippen molar-refractivity contribution in [2.24, 2.45) is 0 Å². The molecule has 3 rings (SSSR count). The molecule has 1 heterocycles. The SMILES string of the molecule is CC(=O)c1ccc(NC(=O)[C@@H](C)N2CCN(Cc3ccc(Cl)cc3)CC2)cc1. The third-order valence-electron chi connectivity index (χ3n) is 5.21. The molecule has 5 nitrogen and oxygen atoms in total. The van der Waals surface area contributed by atoms with E-state index in [4.69, 9.17) is 11.6 Å². The number of nitrogens with one attached hydrogen (secondary N) is 1. The number of carbonyl (C=O) groups is 2. The summed E-state index contributed by atoms with van der Waals surface area (Å²) in [6.07, 6.45) is 0. The normalized spacial score (nSPS) is 16.5. The van der Waals surface area contributed by atoms with E-state index in [0.29, 0.717) is 11.3 Å². The van der Waals surface area contributed by atoms with Crippen molar-refractivity contribution in [3.05, 3.63) is 64.7 Å². The second-order valence-corrected chi connectivity index (χ2v) is 7.67. The molecule has 0 saturated carbocycles. The van der Waals surface area contributed by atoms with Gasteiger partial charge in [-0.1, -0.05) is 23.7 Å². The van der Waals surface area contributed by atoms with Crippen LogP contribution in [0.1, 0.15) is 29.8 Å². The maximum absolute atomic E-state index is 12.6. The second kappa shape index (κ2) is 9.32. The lowest BCUT2D eigenvalue weighted by Crippen LogP contribution is -2.52. The van der Waals surface area contributed by atoms with E-state index in [-0.39, 0.29) is 17.7 Å². The van der Waals surface area contributed by atoms with Gasteiger partial charge in [0, 0.05) is 49.0 Å². The molecule has 2 aromatic rings. The van der Waals surface area contributed by atoms with E-state index in [1.165, 1.54) is 12.5 Å². The molecule has 1 aliphatic heterocycles. The quantitative estimate of drug-likeness (QED) is 0.753. The van der Waals surface area contributed by atoms with Gasteiger partial charge in [0.2, 0.25) is 5.91 Å². The largest absolute Gasteiger partial charge is 0.325 e. The number of hydrogen-bond donors (Lipinski definition) is 1. The van der Waals surface area contributed by atoms with Crippen LogP contribution in [0.3, 0.4) is 0 Å². The monoisotopic (exact) mass is 399 g/mol. The van der Waals surface area contributed by atoms with E-state index < -0.39 is 0 Å². The summed E-state index contributed by atoms with van der Waals surface area (Å²) in [5.41, 5.74) is 2.60. The average Bonchev–Trinajstić information content (AvgIpc) is 2.70. The summed E-state index contributed by atoms with van der Waals surface area (Å²) in [4.78, 5) is 28.5. The van der Waals surface area contributed by atoms with Crippen molar-refractivity contribution in [3.8, 4) is 0 Å². The summed E-state index contributed by atoms with van der Waals surface area (Å²) in [6.45, 7) is 7.92. The summed E-state index contributed by atoms with van der Waals surface area (Å²) >= 11 is 5.94. The lowest BCUT2D eigenvalue weighted by molar-refractivity contribution is -0.121. The number of Topliss-reactive ketones (excluding diaryl/α,β-unsaturated/α-hetero) is 1. The van der Waals surface area contributed by atoms with Crippen molar-refractivity contribution in [2.45, 2.75) is 26.4 Å². The number of anilines is 1. The lowest BCUT2D eigenvalue weighted by atomic mass is 10.1. The molecular weight excluding hydrogens is 374 g/mol. The van der Waals surface area contributed by atoms with Crippen LogP contribution in [-0.2, 0) is 11.3 Å². The molecule has 1 saturated heterocycles. The first-order valence-corrected chi connectivity index (χ1v) is 9.93. The predicted molar refractivity (Wildman–Crippen MR) is 113 cm³/mol. The minimum Gasteiger partial charge on any atom is -0.325 e. The molecule has 1 atom stereocenters. The Labute approximate surface area is 171 Å². The molecule has 0 spiro atoms. The number of nitrogens with zero attached hydrogens (tertiary/aromatic N) is 2. The molecule has 0 aliphatic carbocycles. The highest BCUT2D eigenvalue weighted by Crippen LogP contribution is 2.15. The Balaban J connectivity index is 1.48. The van der Waals surface area contributed by atoms with Crippen LogP contribution in [-0.4, -0.2) is 53.7 Å². The van der Waals surface area contributed by atoms with Gasteiger partial charge in [0.25, 0.3) is 0 Å². The first-order valence-electron chi connectivity index (χ1n) is 9.55. The number of hydrogen-bond acceptors (Lipinski definition) is 4. The standard InChI is InChI=1S/C22H26ClN3O2/c1-16(22(28)24-21-9-5-19(6-10-21)17(2)27)26-13-11-25(12-14-26)15-18-3-7-20(23)8-4-18/h3-10,16H,11-15H2,1-2H3,(H,24,28)/t16-/m1/s1. The van der Waals surface area contributed by atoms with E-state index in [2.05, 4.69) is 27.2 Å². The molecule has 1 aliphatic rings. The van der Waals surface area contributed by atoms with E-state index >= 15 is 0 Å². The highest BCUT2D eigenvalue weighted by Gasteiger charge is 2.25. The molecule has 2 aromatic carbocycles. The number of ketones is 1. The maximum Gasteiger partial charge on any atom is 0.241 e. The van der Waals surface area contributed by atoms with Gasteiger partial charge in [0.1, 0.15) is 0 Å². The van der Waals surface area contributed by atoms with E-state index in [1.54, 1.807) is 24.3 Å². The summed E-state index contributed by atoms with van der Waals surface area (Å²) in [5, 5.41) is 3.70. The molecule has 1 fully saturated rings. The molecule has 0 bridgehead atoms. The smallest absolute Gasteiger partial charge is 0.241 e. The zero-order valence-corrected chi connectivity index (χ0v) is 17.1. The minimum atomic E-state index is -0.204. The predicted octanol–water partition coefficient (Wildman–Crippen LogP) is 3.69. The molecule has 1 amide bonds. The van der Waals surface area contributed by atoms with E-state index in [0.717, 1.165) is 37.7 Å². The zero-order chi connectivity index (χ0) is 20.1.